The van der Waals surface area contributed by atoms with Gasteiger partial charge in [-0.2, -0.15) is 0 Å². The molecule has 8 heteroatoms. The number of rotatable bonds is 5. The van der Waals surface area contributed by atoms with E-state index in [0.29, 0.717) is 42.5 Å². The second-order valence-corrected chi connectivity index (χ2v) is 8.62. The lowest BCUT2D eigenvalue weighted by molar-refractivity contribution is -0.140. The molecule has 166 valence electrons. The number of piperidine rings is 1. The van der Waals surface area contributed by atoms with Crippen molar-refractivity contribution in [2.75, 3.05) is 45.9 Å². The maximum absolute atomic E-state index is 12.8. The van der Waals surface area contributed by atoms with Gasteiger partial charge in [-0.1, -0.05) is 11.6 Å². The number of fused-ring (bicyclic) bond motifs is 1. The number of hydrogen-bond donors (Lipinski definition) is 0. The molecule has 1 aromatic carbocycles. The van der Waals surface area contributed by atoms with Crippen molar-refractivity contribution in [3.63, 3.8) is 0 Å². The minimum absolute atomic E-state index is 0.0461. The highest BCUT2D eigenvalue weighted by atomic mass is 35.5. The van der Waals surface area contributed by atoms with Crippen LogP contribution >= 0.6 is 11.6 Å². The molecule has 4 rings (SSSR count). The highest BCUT2D eigenvalue weighted by molar-refractivity contribution is 6.35. The van der Waals surface area contributed by atoms with Crippen LogP contribution in [0.25, 0.3) is 10.9 Å². The molecule has 2 aliphatic heterocycles. The first-order chi connectivity index (χ1) is 15.0. The fourth-order valence-electron chi connectivity index (χ4n) is 4.35. The summed E-state index contributed by atoms with van der Waals surface area (Å²) < 4.78 is 5.79. The molecule has 2 saturated heterocycles. The number of nitrogens with zero attached hydrogens (tertiary/aromatic N) is 4. The predicted octanol–water partition coefficient (Wildman–Crippen LogP) is 2.81. The molecule has 2 fully saturated rings. The van der Waals surface area contributed by atoms with E-state index in [1.165, 1.54) is 6.42 Å². The lowest BCUT2D eigenvalue weighted by atomic mass is 10.1. The van der Waals surface area contributed by atoms with Crippen molar-refractivity contribution in [2.24, 2.45) is 0 Å². The molecular weight excluding hydrogens is 416 g/mol. The third kappa shape index (κ3) is 4.93. The number of ether oxygens (including phenoxy) is 1. The maximum atomic E-state index is 12.8. The van der Waals surface area contributed by atoms with Gasteiger partial charge in [0.25, 0.3) is 5.91 Å². The van der Waals surface area contributed by atoms with Gasteiger partial charge in [0.05, 0.1) is 11.1 Å². The van der Waals surface area contributed by atoms with E-state index in [-0.39, 0.29) is 24.5 Å². The van der Waals surface area contributed by atoms with E-state index < -0.39 is 0 Å². The number of amides is 2. The van der Waals surface area contributed by atoms with Gasteiger partial charge in [-0.05, 0) is 50.5 Å². The SMILES string of the molecule is CC(C(=O)N1CCCCC1)N1CCN(C(=O)COc2ccc(Cl)c3cccnc23)CC1. The first kappa shape index (κ1) is 21.8. The maximum Gasteiger partial charge on any atom is 0.260 e. The summed E-state index contributed by atoms with van der Waals surface area (Å²) in [7, 11) is 0. The lowest BCUT2D eigenvalue weighted by Crippen LogP contribution is -2.56. The molecule has 0 spiro atoms. The topological polar surface area (TPSA) is 66.0 Å². The van der Waals surface area contributed by atoms with Crippen molar-refractivity contribution in [3.8, 4) is 5.75 Å². The second kappa shape index (κ2) is 9.83. The summed E-state index contributed by atoms with van der Waals surface area (Å²) >= 11 is 6.22. The van der Waals surface area contributed by atoms with E-state index in [4.69, 9.17) is 16.3 Å². The van der Waals surface area contributed by atoms with E-state index in [2.05, 4.69) is 9.88 Å². The van der Waals surface area contributed by atoms with Gasteiger partial charge in [-0.3, -0.25) is 19.5 Å². The van der Waals surface area contributed by atoms with E-state index >= 15 is 0 Å². The number of halogens is 1. The van der Waals surface area contributed by atoms with Crippen molar-refractivity contribution >= 4 is 34.3 Å². The number of likely N-dealkylation sites (tertiary alicyclic amines) is 1. The fourth-order valence-corrected chi connectivity index (χ4v) is 4.57. The normalized spacial score (nSPS) is 18.8. The Morgan fingerprint density at radius 2 is 1.77 bits per heavy atom. The fraction of sp³-hybridized carbons (Fsp3) is 0.522. The van der Waals surface area contributed by atoms with Crippen LogP contribution in [0.15, 0.2) is 30.5 Å². The standard InChI is InChI=1S/C23H29ClN4O3/c1-17(23(30)28-10-3-2-4-11-28)26-12-14-27(15-13-26)21(29)16-31-20-8-7-19(24)18-6-5-9-25-22(18)20/h5-9,17H,2-4,10-16H2,1H3. The molecule has 0 aliphatic carbocycles. The highest BCUT2D eigenvalue weighted by Gasteiger charge is 2.30. The summed E-state index contributed by atoms with van der Waals surface area (Å²) in [5.74, 6) is 0.700. The smallest absolute Gasteiger partial charge is 0.260 e. The zero-order chi connectivity index (χ0) is 21.8. The Labute approximate surface area is 187 Å². The Morgan fingerprint density at radius 3 is 2.52 bits per heavy atom. The second-order valence-electron chi connectivity index (χ2n) is 8.21. The number of pyridine rings is 1. The number of aromatic nitrogens is 1. The first-order valence-electron chi connectivity index (χ1n) is 11.0. The summed E-state index contributed by atoms with van der Waals surface area (Å²) in [4.78, 5) is 35.8. The first-order valence-corrected chi connectivity index (χ1v) is 11.4. The quantitative estimate of drug-likeness (QED) is 0.709. The molecule has 0 bridgehead atoms. The van der Waals surface area contributed by atoms with Crippen molar-refractivity contribution in [3.05, 3.63) is 35.5 Å². The van der Waals surface area contributed by atoms with Crippen molar-refractivity contribution in [2.45, 2.75) is 32.2 Å². The van der Waals surface area contributed by atoms with Crippen LogP contribution in [0, 0.1) is 0 Å². The van der Waals surface area contributed by atoms with Gasteiger partial charge in [0, 0.05) is 50.9 Å². The van der Waals surface area contributed by atoms with Crippen molar-refractivity contribution in [1.29, 1.82) is 0 Å². The predicted molar refractivity (Wildman–Crippen MR) is 120 cm³/mol. The molecule has 2 amide bonds. The third-order valence-corrected chi connectivity index (χ3v) is 6.60. The van der Waals surface area contributed by atoms with Gasteiger partial charge in [-0.15, -0.1) is 0 Å². The van der Waals surface area contributed by atoms with Crippen molar-refractivity contribution in [1.82, 2.24) is 19.7 Å². The van der Waals surface area contributed by atoms with Gasteiger partial charge in [-0.25, -0.2) is 0 Å². The van der Waals surface area contributed by atoms with Gasteiger partial charge in [0.2, 0.25) is 5.91 Å². The average molecular weight is 445 g/mol. The summed E-state index contributed by atoms with van der Waals surface area (Å²) in [6, 6.07) is 7.06. The highest BCUT2D eigenvalue weighted by Crippen LogP contribution is 2.29. The van der Waals surface area contributed by atoms with Crippen LogP contribution in [-0.4, -0.2) is 83.4 Å². The van der Waals surface area contributed by atoms with Crippen molar-refractivity contribution < 1.29 is 14.3 Å². The van der Waals surface area contributed by atoms with E-state index in [9.17, 15) is 9.59 Å². The molecule has 0 N–H and O–H groups in total. The minimum Gasteiger partial charge on any atom is -0.481 e. The molecule has 1 atom stereocenters. The molecule has 7 nitrogen and oxygen atoms in total. The molecule has 0 radical (unpaired) electrons. The Balaban J connectivity index is 1.29. The Hall–Kier alpha value is -2.38. The number of benzene rings is 1. The summed E-state index contributed by atoms with van der Waals surface area (Å²) in [6.07, 6.45) is 5.08. The van der Waals surface area contributed by atoms with Crippen LogP contribution in [-0.2, 0) is 9.59 Å². The van der Waals surface area contributed by atoms with Crippen LogP contribution in [0.1, 0.15) is 26.2 Å². The Morgan fingerprint density at radius 1 is 1.03 bits per heavy atom. The number of carbonyl (C=O) groups is 2. The van der Waals surface area contributed by atoms with Crippen LogP contribution in [0.2, 0.25) is 5.02 Å². The molecule has 3 heterocycles. The molecule has 31 heavy (non-hydrogen) atoms. The Kier molecular flexibility index (Phi) is 6.92. The van der Waals surface area contributed by atoms with E-state index in [0.717, 1.165) is 31.3 Å². The lowest BCUT2D eigenvalue weighted by Gasteiger charge is -2.39. The van der Waals surface area contributed by atoms with E-state index in [1.807, 2.05) is 24.0 Å². The minimum atomic E-state index is -0.141. The number of hydrogen-bond acceptors (Lipinski definition) is 5. The van der Waals surface area contributed by atoms with Gasteiger partial charge in [0.15, 0.2) is 6.61 Å². The van der Waals surface area contributed by atoms with Crippen LogP contribution in [0.5, 0.6) is 5.75 Å². The molecule has 1 aromatic heterocycles. The van der Waals surface area contributed by atoms with E-state index in [1.54, 1.807) is 23.2 Å². The average Bonchev–Trinajstić information content (AvgIpc) is 2.83. The summed E-state index contributed by atoms with van der Waals surface area (Å²) in [5, 5.41) is 1.40. The van der Waals surface area contributed by atoms with Crippen LogP contribution in [0.4, 0.5) is 0 Å². The summed E-state index contributed by atoms with van der Waals surface area (Å²) in [6.45, 7) is 6.25. The van der Waals surface area contributed by atoms with Gasteiger partial charge < -0.3 is 14.5 Å². The molecule has 0 saturated carbocycles. The van der Waals surface area contributed by atoms with Crippen LogP contribution in [0.3, 0.4) is 0 Å². The molecular formula is C23H29ClN4O3. The molecule has 1 unspecified atom stereocenters. The zero-order valence-electron chi connectivity index (χ0n) is 17.9. The monoisotopic (exact) mass is 444 g/mol. The third-order valence-electron chi connectivity index (χ3n) is 6.27. The van der Waals surface area contributed by atoms with Crippen LogP contribution < -0.4 is 4.74 Å². The largest absolute Gasteiger partial charge is 0.481 e. The molecule has 2 aliphatic rings. The Bertz CT molecular complexity index is 940. The number of piperazine rings is 1. The van der Waals surface area contributed by atoms with Gasteiger partial charge >= 0.3 is 0 Å². The molecule has 2 aromatic rings. The number of carbonyl (C=O) groups excluding carboxylic acids is 2. The zero-order valence-corrected chi connectivity index (χ0v) is 18.7. The summed E-state index contributed by atoms with van der Waals surface area (Å²) in [5.41, 5.74) is 0.651. The van der Waals surface area contributed by atoms with Gasteiger partial charge in [0.1, 0.15) is 11.3 Å².